The molecule has 9 heteroatoms. The Morgan fingerprint density at radius 1 is 1.40 bits per heavy atom. The number of amides is 2. The molecule has 2 aromatic rings. The summed E-state index contributed by atoms with van der Waals surface area (Å²) in [5.41, 5.74) is 17.2. The van der Waals surface area contributed by atoms with Crippen LogP contribution in [0.4, 0.5) is 10.7 Å². The second kappa shape index (κ2) is 5.21. The van der Waals surface area contributed by atoms with E-state index in [0.29, 0.717) is 5.00 Å². The van der Waals surface area contributed by atoms with Crippen LogP contribution in [0.25, 0.3) is 0 Å². The van der Waals surface area contributed by atoms with Crippen molar-refractivity contribution in [1.82, 2.24) is 10.2 Å². The number of rotatable bonds is 5. The van der Waals surface area contributed by atoms with E-state index < -0.39 is 11.8 Å². The third kappa shape index (κ3) is 2.43. The van der Waals surface area contributed by atoms with Gasteiger partial charge in [0.05, 0.1) is 23.5 Å². The van der Waals surface area contributed by atoms with Gasteiger partial charge in [-0.3, -0.25) is 14.7 Å². The van der Waals surface area contributed by atoms with Gasteiger partial charge in [-0.2, -0.15) is 5.10 Å². The third-order valence-corrected chi connectivity index (χ3v) is 3.93. The average molecular weight is 294 g/mol. The van der Waals surface area contributed by atoms with Crippen molar-refractivity contribution >= 4 is 33.8 Å². The molecule has 2 aromatic heterocycles. The number of hydrogen-bond acceptors (Lipinski definition) is 6. The molecule has 0 spiro atoms. The zero-order valence-corrected chi connectivity index (χ0v) is 11.5. The number of carbonyl (C=O) groups excluding carboxylic acids is 2. The smallest absolute Gasteiger partial charge is 0.260 e. The molecule has 1 atom stereocenters. The number of nitrogens with one attached hydrogen (secondary N) is 2. The van der Waals surface area contributed by atoms with Gasteiger partial charge in [0.2, 0.25) is 0 Å². The van der Waals surface area contributed by atoms with Crippen LogP contribution in [0.1, 0.15) is 38.6 Å². The maximum atomic E-state index is 11.5. The predicted molar refractivity (Wildman–Crippen MR) is 76.4 cm³/mol. The summed E-state index contributed by atoms with van der Waals surface area (Å²) in [5.74, 6) is -1.41. The summed E-state index contributed by atoms with van der Waals surface area (Å²) in [6.45, 7) is 1.87. The van der Waals surface area contributed by atoms with Gasteiger partial charge in [0.25, 0.3) is 11.8 Å². The molecule has 8 N–H and O–H groups in total. The van der Waals surface area contributed by atoms with Crippen LogP contribution in [0.3, 0.4) is 0 Å². The Kier molecular flexibility index (Phi) is 3.61. The molecule has 0 fully saturated rings. The van der Waals surface area contributed by atoms with Crippen molar-refractivity contribution in [3.63, 3.8) is 0 Å². The van der Waals surface area contributed by atoms with Crippen LogP contribution in [0.15, 0.2) is 12.4 Å². The van der Waals surface area contributed by atoms with E-state index in [1.165, 1.54) is 0 Å². The van der Waals surface area contributed by atoms with Gasteiger partial charge >= 0.3 is 0 Å². The van der Waals surface area contributed by atoms with E-state index in [1.807, 2.05) is 6.92 Å². The number of nitrogens with zero attached hydrogens (tertiary/aromatic N) is 1. The Bertz CT molecular complexity index is 648. The monoisotopic (exact) mass is 294 g/mol. The van der Waals surface area contributed by atoms with Crippen LogP contribution >= 0.6 is 11.3 Å². The minimum Gasteiger partial charge on any atom is -0.397 e. The van der Waals surface area contributed by atoms with Crippen LogP contribution < -0.4 is 22.5 Å². The second-order valence-corrected chi connectivity index (χ2v) is 5.20. The molecule has 2 rings (SSSR count). The lowest BCUT2D eigenvalue weighted by molar-refractivity contribution is 0.0999. The molecule has 0 radical (unpaired) electrons. The number of nitrogen functional groups attached to an aromatic ring is 1. The molecule has 8 nitrogen and oxygen atoms in total. The van der Waals surface area contributed by atoms with E-state index in [2.05, 4.69) is 15.5 Å². The largest absolute Gasteiger partial charge is 0.397 e. The maximum Gasteiger partial charge on any atom is 0.260 e. The SMILES string of the molecule is CC(Nc1sc(C(N)=O)c(N)c1C(N)=O)c1cn[nH]c1. The molecule has 0 aliphatic rings. The molecular weight excluding hydrogens is 280 g/mol. The van der Waals surface area contributed by atoms with Crippen LogP contribution in [0.2, 0.25) is 0 Å². The molecule has 2 amide bonds. The second-order valence-electron chi connectivity index (χ2n) is 4.18. The summed E-state index contributed by atoms with van der Waals surface area (Å²) >= 11 is 1.01. The summed E-state index contributed by atoms with van der Waals surface area (Å²) in [6.07, 6.45) is 3.36. The number of anilines is 2. The highest BCUT2D eigenvalue weighted by Crippen LogP contribution is 2.37. The van der Waals surface area contributed by atoms with E-state index in [9.17, 15) is 9.59 Å². The number of primary amides is 2. The van der Waals surface area contributed by atoms with Crippen LogP contribution in [0.5, 0.6) is 0 Å². The Balaban J connectivity index is 2.38. The first-order valence-electron chi connectivity index (χ1n) is 5.69. The molecule has 0 saturated carbocycles. The fourth-order valence-corrected chi connectivity index (χ4v) is 2.82. The number of thiophene rings is 1. The van der Waals surface area contributed by atoms with E-state index in [1.54, 1.807) is 12.4 Å². The van der Waals surface area contributed by atoms with Gasteiger partial charge in [0, 0.05) is 11.8 Å². The summed E-state index contributed by atoms with van der Waals surface area (Å²) in [5, 5.41) is 10.0. The van der Waals surface area contributed by atoms with Gasteiger partial charge < -0.3 is 22.5 Å². The average Bonchev–Trinajstić information content (AvgIpc) is 2.96. The summed E-state index contributed by atoms with van der Waals surface area (Å²) in [6, 6.07) is -0.148. The Labute approximate surface area is 118 Å². The van der Waals surface area contributed by atoms with Crippen LogP contribution in [-0.2, 0) is 0 Å². The van der Waals surface area contributed by atoms with E-state index in [-0.39, 0.29) is 22.2 Å². The highest BCUT2D eigenvalue weighted by Gasteiger charge is 2.24. The third-order valence-electron chi connectivity index (χ3n) is 2.78. The van der Waals surface area contributed by atoms with Gasteiger partial charge in [0.15, 0.2) is 0 Å². The van der Waals surface area contributed by atoms with Gasteiger partial charge in [-0.25, -0.2) is 0 Å². The number of H-pyrrole nitrogens is 1. The molecule has 1 unspecified atom stereocenters. The highest BCUT2D eigenvalue weighted by molar-refractivity contribution is 7.19. The van der Waals surface area contributed by atoms with Crippen molar-refractivity contribution in [3.05, 3.63) is 28.4 Å². The number of aromatic amines is 1. The Morgan fingerprint density at radius 2 is 2.10 bits per heavy atom. The maximum absolute atomic E-state index is 11.5. The van der Waals surface area contributed by atoms with Crippen molar-refractivity contribution in [2.24, 2.45) is 11.5 Å². The molecule has 0 aliphatic carbocycles. The van der Waals surface area contributed by atoms with Crippen LogP contribution in [0, 0.1) is 0 Å². The fourth-order valence-electron chi connectivity index (χ4n) is 1.75. The number of hydrogen-bond donors (Lipinski definition) is 5. The normalized spacial score (nSPS) is 12.1. The standard InChI is InChI=1S/C11H14N6O2S/c1-4(5-2-15-16-3-5)17-11-6(9(13)18)7(12)8(20-11)10(14)19/h2-4,17H,12H2,1H3,(H2,13,18)(H2,14,19)(H,15,16). The Morgan fingerprint density at radius 3 is 2.60 bits per heavy atom. The van der Waals surface area contributed by atoms with Gasteiger partial charge in [-0.05, 0) is 6.92 Å². The lowest BCUT2D eigenvalue weighted by Gasteiger charge is -2.12. The van der Waals surface area contributed by atoms with Gasteiger partial charge in [-0.1, -0.05) is 0 Å². The minimum absolute atomic E-state index is 0.0110. The molecule has 0 saturated heterocycles. The van der Waals surface area contributed by atoms with Crippen molar-refractivity contribution < 1.29 is 9.59 Å². The van der Waals surface area contributed by atoms with Crippen molar-refractivity contribution in [1.29, 1.82) is 0 Å². The summed E-state index contributed by atoms with van der Waals surface area (Å²) < 4.78 is 0. The number of aromatic nitrogens is 2. The van der Waals surface area contributed by atoms with Crippen molar-refractivity contribution in [3.8, 4) is 0 Å². The molecule has 0 aromatic carbocycles. The zero-order chi connectivity index (χ0) is 14.9. The zero-order valence-electron chi connectivity index (χ0n) is 10.6. The van der Waals surface area contributed by atoms with Crippen molar-refractivity contribution in [2.75, 3.05) is 11.1 Å². The molecule has 20 heavy (non-hydrogen) atoms. The topological polar surface area (TPSA) is 153 Å². The molecule has 0 aliphatic heterocycles. The molecular formula is C11H14N6O2S. The first-order valence-corrected chi connectivity index (χ1v) is 6.50. The summed E-state index contributed by atoms with van der Waals surface area (Å²) in [7, 11) is 0. The lowest BCUT2D eigenvalue weighted by atomic mass is 10.1. The predicted octanol–water partition coefficient (Wildman–Crippen LogP) is 0.424. The Hall–Kier alpha value is -2.55. The van der Waals surface area contributed by atoms with E-state index >= 15 is 0 Å². The number of nitrogens with two attached hydrogens (primary N) is 3. The summed E-state index contributed by atoms with van der Waals surface area (Å²) in [4.78, 5) is 22.9. The highest BCUT2D eigenvalue weighted by atomic mass is 32.1. The first-order chi connectivity index (χ1) is 9.41. The molecule has 106 valence electrons. The number of carbonyl (C=O) groups is 2. The first kappa shape index (κ1) is 13.9. The lowest BCUT2D eigenvalue weighted by Crippen LogP contribution is -2.17. The van der Waals surface area contributed by atoms with Gasteiger partial charge in [-0.15, -0.1) is 11.3 Å². The van der Waals surface area contributed by atoms with Crippen molar-refractivity contribution in [2.45, 2.75) is 13.0 Å². The quantitative estimate of drug-likeness (QED) is 0.541. The van der Waals surface area contributed by atoms with Gasteiger partial charge in [0.1, 0.15) is 9.88 Å². The fraction of sp³-hybridized carbons (Fsp3) is 0.182. The van der Waals surface area contributed by atoms with E-state index in [4.69, 9.17) is 17.2 Å². The van der Waals surface area contributed by atoms with E-state index in [0.717, 1.165) is 16.9 Å². The minimum atomic E-state index is -0.715. The van der Waals surface area contributed by atoms with Crippen LogP contribution in [-0.4, -0.2) is 22.0 Å². The molecule has 2 heterocycles. The molecule has 0 bridgehead atoms.